The van der Waals surface area contributed by atoms with Crippen molar-refractivity contribution in [3.8, 4) is 11.5 Å². The van der Waals surface area contributed by atoms with Crippen LogP contribution in [0.15, 0.2) is 30.3 Å². The summed E-state index contributed by atoms with van der Waals surface area (Å²) < 4.78 is 32.9. The van der Waals surface area contributed by atoms with Crippen molar-refractivity contribution in [1.82, 2.24) is 5.32 Å². The van der Waals surface area contributed by atoms with Gasteiger partial charge in [-0.25, -0.2) is 8.78 Å². The fourth-order valence-corrected chi connectivity index (χ4v) is 3.15. The Morgan fingerprint density at radius 3 is 2.48 bits per heavy atom. The Hall–Kier alpha value is -1.36. The van der Waals surface area contributed by atoms with E-state index in [0.717, 1.165) is 31.5 Å². The lowest BCUT2D eigenvalue weighted by molar-refractivity contribution is 0.457. The van der Waals surface area contributed by atoms with Crippen LogP contribution in [0.5, 0.6) is 11.5 Å². The molecule has 1 N–H and O–H groups in total. The zero-order chi connectivity index (χ0) is 16.4. The SMILES string of the molecule is Fc1cc(F)c(Cl)c(Oc2ccccc2CC2CCNC2)c1Cl. The predicted molar refractivity (Wildman–Crippen MR) is 87.6 cm³/mol. The van der Waals surface area contributed by atoms with Gasteiger partial charge in [0.15, 0.2) is 5.75 Å². The molecule has 1 fully saturated rings. The Morgan fingerprint density at radius 2 is 1.83 bits per heavy atom. The normalized spacial score (nSPS) is 17.5. The zero-order valence-corrected chi connectivity index (χ0v) is 13.7. The molecule has 1 aliphatic heterocycles. The van der Waals surface area contributed by atoms with E-state index in [0.29, 0.717) is 17.7 Å². The molecule has 0 aromatic heterocycles. The molecule has 122 valence electrons. The summed E-state index contributed by atoms with van der Waals surface area (Å²) in [4.78, 5) is 0. The highest BCUT2D eigenvalue weighted by Crippen LogP contribution is 2.40. The molecule has 2 nitrogen and oxygen atoms in total. The molecule has 0 amide bonds. The van der Waals surface area contributed by atoms with Gasteiger partial charge < -0.3 is 10.1 Å². The summed E-state index contributed by atoms with van der Waals surface area (Å²) in [5, 5.41) is 2.66. The summed E-state index contributed by atoms with van der Waals surface area (Å²) in [6.45, 7) is 1.95. The molecule has 0 saturated carbocycles. The van der Waals surface area contributed by atoms with Crippen molar-refractivity contribution in [2.24, 2.45) is 5.92 Å². The number of hydrogen-bond acceptors (Lipinski definition) is 2. The van der Waals surface area contributed by atoms with Crippen LogP contribution in [0.4, 0.5) is 8.78 Å². The summed E-state index contributed by atoms with van der Waals surface area (Å²) in [5.41, 5.74) is 0.956. The second-order valence-electron chi connectivity index (χ2n) is 5.57. The number of hydrogen-bond donors (Lipinski definition) is 1. The van der Waals surface area contributed by atoms with Gasteiger partial charge in [-0.3, -0.25) is 0 Å². The van der Waals surface area contributed by atoms with Crippen molar-refractivity contribution in [2.45, 2.75) is 12.8 Å². The van der Waals surface area contributed by atoms with Gasteiger partial charge in [0.1, 0.15) is 27.4 Å². The third-order valence-electron chi connectivity index (χ3n) is 3.93. The average molecular weight is 358 g/mol. The third kappa shape index (κ3) is 3.60. The van der Waals surface area contributed by atoms with Crippen LogP contribution in [0.1, 0.15) is 12.0 Å². The van der Waals surface area contributed by atoms with E-state index < -0.39 is 11.6 Å². The standard InChI is InChI=1S/C17H15Cl2F2NO/c18-15-12(20)8-13(21)16(19)17(15)23-14-4-2-1-3-11(14)7-10-5-6-22-9-10/h1-4,8,10,22H,5-7,9H2. The van der Waals surface area contributed by atoms with Crippen molar-refractivity contribution in [3.05, 3.63) is 57.6 Å². The first kappa shape index (κ1) is 16.5. The number of halogens is 4. The molecule has 1 saturated heterocycles. The van der Waals surface area contributed by atoms with Crippen molar-refractivity contribution in [2.75, 3.05) is 13.1 Å². The fraction of sp³-hybridized carbons (Fsp3) is 0.294. The molecule has 1 unspecified atom stereocenters. The largest absolute Gasteiger partial charge is 0.454 e. The number of benzene rings is 2. The van der Waals surface area contributed by atoms with E-state index in [1.54, 1.807) is 12.1 Å². The highest BCUT2D eigenvalue weighted by molar-refractivity contribution is 6.37. The van der Waals surface area contributed by atoms with Crippen LogP contribution >= 0.6 is 23.2 Å². The Bertz CT molecular complexity index is 692. The Kier molecular flexibility index (Phi) is 5.05. The van der Waals surface area contributed by atoms with Crippen molar-refractivity contribution in [1.29, 1.82) is 0 Å². The summed E-state index contributed by atoms with van der Waals surface area (Å²) >= 11 is 11.8. The summed E-state index contributed by atoms with van der Waals surface area (Å²) in [5.74, 6) is -0.979. The maximum atomic E-state index is 13.6. The number of nitrogens with one attached hydrogen (secondary N) is 1. The van der Waals surface area contributed by atoms with Crippen molar-refractivity contribution in [3.63, 3.8) is 0 Å². The molecule has 2 aromatic carbocycles. The minimum atomic E-state index is -0.902. The molecule has 23 heavy (non-hydrogen) atoms. The van der Waals surface area contributed by atoms with Gasteiger partial charge >= 0.3 is 0 Å². The van der Waals surface area contributed by atoms with Crippen molar-refractivity contribution >= 4 is 23.2 Å². The third-order valence-corrected chi connectivity index (χ3v) is 4.63. The summed E-state index contributed by atoms with van der Waals surface area (Å²) in [6, 6.07) is 8.02. The van der Waals surface area contributed by atoms with Gasteiger partial charge in [0, 0.05) is 6.07 Å². The monoisotopic (exact) mass is 357 g/mol. The molecule has 1 atom stereocenters. The second-order valence-corrected chi connectivity index (χ2v) is 6.33. The highest BCUT2D eigenvalue weighted by Gasteiger charge is 2.21. The van der Waals surface area contributed by atoms with Gasteiger partial charge in [0.25, 0.3) is 0 Å². The van der Waals surface area contributed by atoms with Gasteiger partial charge in [0.05, 0.1) is 0 Å². The quantitative estimate of drug-likeness (QED) is 0.757. The van der Waals surface area contributed by atoms with E-state index in [1.807, 2.05) is 12.1 Å². The molecule has 0 spiro atoms. The Labute approximate surface area is 143 Å². The molecular weight excluding hydrogens is 343 g/mol. The van der Waals surface area contributed by atoms with Crippen LogP contribution in [0.3, 0.4) is 0 Å². The van der Waals surface area contributed by atoms with Crippen LogP contribution in [-0.2, 0) is 6.42 Å². The van der Waals surface area contributed by atoms with Gasteiger partial charge in [-0.05, 0) is 43.5 Å². The van der Waals surface area contributed by atoms with E-state index in [1.165, 1.54) is 0 Å². The number of para-hydroxylation sites is 1. The van der Waals surface area contributed by atoms with Crippen molar-refractivity contribution < 1.29 is 13.5 Å². The van der Waals surface area contributed by atoms with Crippen LogP contribution in [-0.4, -0.2) is 13.1 Å². The molecule has 1 heterocycles. The van der Waals surface area contributed by atoms with Gasteiger partial charge in [-0.15, -0.1) is 0 Å². The zero-order valence-electron chi connectivity index (χ0n) is 12.2. The van der Waals surface area contributed by atoms with E-state index in [9.17, 15) is 8.78 Å². The van der Waals surface area contributed by atoms with E-state index in [4.69, 9.17) is 27.9 Å². The van der Waals surface area contributed by atoms with Crippen LogP contribution in [0, 0.1) is 17.6 Å². The summed E-state index contributed by atoms with van der Waals surface area (Å²) in [7, 11) is 0. The van der Waals surface area contributed by atoms with Crippen LogP contribution in [0.2, 0.25) is 10.0 Å². The van der Waals surface area contributed by atoms with E-state index in [-0.39, 0.29) is 15.8 Å². The van der Waals surface area contributed by atoms with Crippen LogP contribution in [0.25, 0.3) is 0 Å². The Balaban J connectivity index is 1.91. The lowest BCUT2D eigenvalue weighted by Gasteiger charge is -2.16. The molecule has 1 aliphatic rings. The maximum absolute atomic E-state index is 13.6. The average Bonchev–Trinajstić information content (AvgIpc) is 3.04. The van der Waals surface area contributed by atoms with E-state index in [2.05, 4.69) is 5.32 Å². The van der Waals surface area contributed by atoms with Gasteiger partial charge in [-0.1, -0.05) is 41.4 Å². The maximum Gasteiger partial charge on any atom is 0.170 e. The molecular formula is C17H15Cl2F2NO. The lowest BCUT2D eigenvalue weighted by Crippen LogP contribution is -2.11. The fourth-order valence-electron chi connectivity index (χ4n) is 2.72. The predicted octanol–water partition coefficient (Wildman–Crippen LogP) is 5.22. The first-order valence-electron chi connectivity index (χ1n) is 7.35. The first-order chi connectivity index (χ1) is 11.1. The second kappa shape index (κ2) is 7.04. The van der Waals surface area contributed by atoms with E-state index >= 15 is 0 Å². The number of ether oxygens (including phenoxy) is 1. The molecule has 0 aliphatic carbocycles. The molecule has 6 heteroatoms. The number of rotatable bonds is 4. The smallest absolute Gasteiger partial charge is 0.170 e. The highest BCUT2D eigenvalue weighted by atomic mass is 35.5. The topological polar surface area (TPSA) is 21.3 Å². The first-order valence-corrected chi connectivity index (χ1v) is 8.11. The molecule has 3 rings (SSSR count). The minimum absolute atomic E-state index is 0.192. The molecule has 0 bridgehead atoms. The van der Waals surface area contributed by atoms with Gasteiger partial charge in [0.2, 0.25) is 0 Å². The molecule has 2 aromatic rings. The van der Waals surface area contributed by atoms with Gasteiger partial charge in [-0.2, -0.15) is 0 Å². The molecule has 0 radical (unpaired) electrons. The van der Waals surface area contributed by atoms with Crippen LogP contribution < -0.4 is 10.1 Å². The Morgan fingerprint density at radius 1 is 1.13 bits per heavy atom. The summed E-state index contributed by atoms with van der Waals surface area (Å²) in [6.07, 6.45) is 1.90. The lowest BCUT2D eigenvalue weighted by atomic mass is 9.98. The minimum Gasteiger partial charge on any atom is -0.454 e.